The molecule has 0 saturated carbocycles. The van der Waals surface area contributed by atoms with Gasteiger partial charge >= 0.3 is 0 Å². The largest absolute Gasteiger partial charge is 0.289 e. The highest BCUT2D eigenvalue weighted by Crippen LogP contribution is 2.40. The quantitative estimate of drug-likeness (QED) is 0.742. The second-order valence-corrected chi connectivity index (χ2v) is 6.04. The molecule has 0 aromatic heterocycles. The molecule has 0 spiro atoms. The highest BCUT2D eigenvalue weighted by molar-refractivity contribution is 6.41. The molecule has 1 aromatic rings. The van der Waals surface area contributed by atoms with Gasteiger partial charge in [-0.1, -0.05) is 30.3 Å². The van der Waals surface area contributed by atoms with Crippen molar-refractivity contribution < 1.29 is 9.59 Å². The topological polar surface area (TPSA) is 46.5 Å². The molecule has 1 aliphatic heterocycles. The van der Waals surface area contributed by atoms with Gasteiger partial charge in [-0.2, -0.15) is 0 Å². The SMILES string of the molecule is CC1=C(C)C(=O)C2=C(C1=O)C(c1ccccc1)=NC2(C)C. The minimum atomic E-state index is -0.658. The molecule has 0 bridgehead atoms. The van der Waals surface area contributed by atoms with E-state index >= 15 is 0 Å². The predicted molar refractivity (Wildman–Crippen MR) is 82.5 cm³/mol. The van der Waals surface area contributed by atoms with Crippen molar-refractivity contribution in [2.75, 3.05) is 0 Å². The number of carbonyl (C=O) groups is 2. The average molecular weight is 279 g/mol. The Labute approximate surface area is 124 Å². The van der Waals surface area contributed by atoms with Gasteiger partial charge in [0.15, 0.2) is 11.6 Å². The van der Waals surface area contributed by atoms with Crippen molar-refractivity contribution >= 4 is 17.3 Å². The van der Waals surface area contributed by atoms with Crippen molar-refractivity contribution in [1.82, 2.24) is 0 Å². The van der Waals surface area contributed by atoms with Crippen molar-refractivity contribution in [1.29, 1.82) is 0 Å². The van der Waals surface area contributed by atoms with Gasteiger partial charge in [0, 0.05) is 22.3 Å². The fourth-order valence-corrected chi connectivity index (χ4v) is 2.95. The van der Waals surface area contributed by atoms with E-state index in [-0.39, 0.29) is 11.6 Å². The number of carbonyl (C=O) groups excluding carboxylic acids is 2. The van der Waals surface area contributed by atoms with E-state index in [1.54, 1.807) is 13.8 Å². The van der Waals surface area contributed by atoms with Crippen LogP contribution in [0.25, 0.3) is 0 Å². The first kappa shape index (κ1) is 13.7. The second kappa shape index (κ2) is 4.35. The first-order chi connectivity index (χ1) is 9.84. The summed E-state index contributed by atoms with van der Waals surface area (Å²) in [6, 6.07) is 9.58. The Morgan fingerprint density at radius 2 is 1.48 bits per heavy atom. The molecular weight excluding hydrogens is 262 g/mol. The van der Waals surface area contributed by atoms with Crippen LogP contribution >= 0.6 is 0 Å². The lowest BCUT2D eigenvalue weighted by molar-refractivity contribution is -0.116. The van der Waals surface area contributed by atoms with Crippen molar-refractivity contribution in [3.8, 4) is 0 Å². The highest BCUT2D eigenvalue weighted by Gasteiger charge is 2.45. The van der Waals surface area contributed by atoms with Crippen LogP contribution in [0, 0.1) is 0 Å². The van der Waals surface area contributed by atoms with Crippen LogP contribution in [0.4, 0.5) is 0 Å². The first-order valence-corrected chi connectivity index (χ1v) is 7.02. The van der Waals surface area contributed by atoms with Crippen LogP contribution in [0.5, 0.6) is 0 Å². The van der Waals surface area contributed by atoms with E-state index < -0.39 is 5.54 Å². The average Bonchev–Trinajstić information content (AvgIpc) is 2.75. The summed E-state index contributed by atoms with van der Waals surface area (Å²) in [6.07, 6.45) is 0. The molecule has 3 rings (SSSR count). The van der Waals surface area contributed by atoms with Crippen LogP contribution in [0.2, 0.25) is 0 Å². The number of rotatable bonds is 1. The molecule has 0 atom stereocenters. The fraction of sp³-hybridized carbons (Fsp3) is 0.278. The molecule has 0 amide bonds. The van der Waals surface area contributed by atoms with E-state index in [0.29, 0.717) is 28.0 Å². The van der Waals surface area contributed by atoms with Crippen molar-refractivity contribution in [3.05, 3.63) is 58.2 Å². The van der Waals surface area contributed by atoms with Gasteiger partial charge in [-0.05, 0) is 27.7 Å². The molecule has 0 unspecified atom stereocenters. The fourth-order valence-electron chi connectivity index (χ4n) is 2.95. The van der Waals surface area contributed by atoms with Crippen molar-refractivity contribution in [2.45, 2.75) is 33.2 Å². The molecule has 2 aliphatic rings. The standard InChI is InChI=1S/C18H17NO2/c1-10-11(2)17(21)14-13(16(10)20)15(19-18(14,3)4)12-8-6-5-7-9-12/h5-9H,1-4H3. The van der Waals surface area contributed by atoms with Crippen molar-refractivity contribution in [2.24, 2.45) is 4.99 Å². The van der Waals surface area contributed by atoms with Crippen LogP contribution in [0.3, 0.4) is 0 Å². The van der Waals surface area contributed by atoms with E-state index in [1.807, 2.05) is 44.2 Å². The number of aliphatic imine (C=N–C) groups is 1. The predicted octanol–water partition coefficient (Wildman–Crippen LogP) is 3.05. The lowest BCUT2D eigenvalue weighted by atomic mass is 9.78. The number of Topliss-reactive ketones (excluding diaryl/α,β-unsaturated/α-hetero) is 2. The maximum absolute atomic E-state index is 12.7. The molecule has 0 radical (unpaired) electrons. The molecule has 3 nitrogen and oxygen atoms in total. The van der Waals surface area contributed by atoms with Gasteiger partial charge in [0.2, 0.25) is 0 Å². The summed E-state index contributed by atoms with van der Waals surface area (Å²) in [4.78, 5) is 30.0. The zero-order valence-corrected chi connectivity index (χ0v) is 12.7. The Morgan fingerprint density at radius 3 is 2.10 bits per heavy atom. The van der Waals surface area contributed by atoms with Crippen LogP contribution in [0.15, 0.2) is 57.6 Å². The normalized spacial score (nSPS) is 20.9. The van der Waals surface area contributed by atoms with E-state index in [9.17, 15) is 9.59 Å². The Kier molecular flexibility index (Phi) is 2.84. The molecule has 0 N–H and O–H groups in total. The molecule has 1 aromatic carbocycles. The van der Waals surface area contributed by atoms with Gasteiger partial charge in [-0.3, -0.25) is 14.6 Å². The third-order valence-electron chi connectivity index (χ3n) is 4.23. The third-order valence-corrected chi connectivity index (χ3v) is 4.23. The van der Waals surface area contributed by atoms with Gasteiger partial charge in [0.25, 0.3) is 0 Å². The van der Waals surface area contributed by atoms with Crippen LogP contribution in [-0.2, 0) is 9.59 Å². The van der Waals surface area contributed by atoms with Gasteiger partial charge < -0.3 is 0 Å². The molecule has 21 heavy (non-hydrogen) atoms. The Bertz CT molecular complexity index is 762. The molecule has 0 fully saturated rings. The Morgan fingerprint density at radius 1 is 0.905 bits per heavy atom. The summed E-state index contributed by atoms with van der Waals surface area (Å²) in [6.45, 7) is 7.21. The zero-order valence-electron chi connectivity index (χ0n) is 12.7. The van der Waals surface area contributed by atoms with E-state index in [1.165, 1.54) is 0 Å². The number of ketones is 2. The third kappa shape index (κ3) is 1.84. The minimum Gasteiger partial charge on any atom is -0.289 e. The zero-order chi connectivity index (χ0) is 15.4. The number of hydrogen-bond acceptors (Lipinski definition) is 3. The molecular formula is C18H17NO2. The monoisotopic (exact) mass is 279 g/mol. The van der Waals surface area contributed by atoms with Gasteiger partial charge in [-0.15, -0.1) is 0 Å². The van der Waals surface area contributed by atoms with Gasteiger partial charge in [-0.25, -0.2) is 0 Å². The Hall–Kier alpha value is -2.29. The molecule has 1 aliphatic carbocycles. The summed E-state index contributed by atoms with van der Waals surface area (Å²) in [5, 5.41) is 0. The molecule has 1 heterocycles. The van der Waals surface area contributed by atoms with Crippen molar-refractivity contribution in [3.63, 3.8) is 0 Å². The smallest absolute Gasteiger partial charge is 0.191 e. The summed E-state index contributed by atoms with van der Waals surface area (Å²) in [7, 11) is 0. The van der Waals surface area contributed by atoms with Crippen LogP contribution in [-0.4, -0.2) is 22.8 Å². The lowest BCUT2D eigenvalue weighted by Gasteiger charge is -2.23. The maximum atomic E-state index is 12.7. The summed E-state index contributed by atoms with van der Waals surface area (Å²) < 4.78 is 0. The van der Waals surface area contributed by atoms with E-state index in [2.05, 4.69) is 4.99 Å². The highest BCUT2D eigenvalue weighted by atomic mass is 16.1. The first-order valence-electron chi connectivity index (χ1n) is 7.02. The van der Waals surface area contributed by atoms with Crippen LogP contribution < -0.4 is 0 Å². The second-order valence-electron chi connectivity index (χ2n) is 6.04. The molecule has 0 saturated heterocycles. The summed E-state index contributed by atoms with van der Waals surface area (Å²) >= 11 is 0. The van der Waals surface area contributed by atoms with Gasteiger partial charge in [0.05, 0.1) is 16.8 Å². The molecule has 106 valence electrons. The Balaban J connectivity index is 2.26. The summed E-state index contributed by atoms with van der Waals surface area (Å²) in [5.41, 5.74) is 2.95. The minimum absolute atomic E-state index is 0.0539. The van der Waals surface area contributed by atoms with E-state index in [0.717, 1.165) is 5.56 Å². The number of benzene rings is 1. The van der Waals surface area contributed by atoms with Gasteiger partial charge in [0.1, 0.15) is 0 Å². The van der Waals surface area contributed by atoms with E-state index in [4.69, 9.17) is 0 Å². The number of allylic oxidation sites excluding steroid dienone is 3. The van der Waals surface area contributed by atoms with Crippen LogP contribution in [0.1, 0.15) is 33.3 Å². The lowest BCUT2D eigenvalue weighted by Crippen LogP contribution is -2.30. The molecule has 3 heteroatoms. The maximum Gasteiger partial charge on any atom is 0.191 e. The summed E-state index contributed by atoms with van der Waals surface area (Å²) in [5.74, 6) is -0.128. The number of nitrogens with zero attached hydrogens (tertiary/aromatic N) is 1. The number of hydrogen-bond donors (Lipinski definition) is 0.